The second-order valence-corrected chi connectivity index (χ2v) is 5.39. The summed E-state index contributed by atoms with van der Waals surface area (Å²) in [6.45, 7) is 0. The van der Waals surface area contributed by atoms with Crippen LogP contribution in [0.5, 0.6) is 5.75 Å². The van der Waals surface area contributed by atoms with Gasteiger partial charge >= 0.3 is 0 Å². The summed E-state index contributed by atoms with van der Waals surface area (Å²) in [6.07, 6.45) is 0. The minimum Gasteiger partial charge on any atom is -0.496 e. The van der Waals surface area contributed by atoms with Crippen LogP contribution in [-0.2, 0) is 0 Å². The van der Waals surface area contributed by atoms with E-state index in [0.29, 0.717) is 5.02 Å². The van der Waals surface area contributed by atoms with E-state index in [0.717, 1.165) is 32.6 Å². The molecule has 0 amide bonds. The molecule has 19 heavy (non-hydrogen) atoms. The van der Waals surface area contributed by atoms with E-state index < -0.39 is 0 Å². The molecular formula is C14H10BrClN2O. The molecule has 0 unspecified atom stereocenters. The normalized spacial score (nSPS) is 10.9. The minimum atomic E-state index is 0.693. The number of aromatic nitrogens is 2. The van der Waals surface area contributed by atoms with Gasteiger partial charge in [0.05, 0.1) is 22.6 Å². The van der Waals surface area contributed by atoms with Crippen molar-refractivity contribution in [3.63, 3.8) is 0 Å². The fraction of sp³-hybridized carbons (Fsp3) is 0.0714. The summed E-state index contributed by atoms with van der Waals surface area (Å²) in [5.41, 5.74) is 2.81. The maximum atomic E-state index is 5.97. The lowest BCUT2D eigenvalue weighted by Gasteiger charge is -2.04. The molecule has 1 heterocycles. The molecule has 0 aliphatic carbocycles. The molecule has 0 atom stereocenters. The molecule has 1 aromatic heterocycles. The Kier molecular flexibility index (Phi) is 3.21. The maximum Gasteiger partial charge on any atom is 0.138 e. The van der Waals surface area contributed by atoms with Gasteiger partial charge in [-0.1, -0.05) is 11.6 Å². The number of nitrogens with zero attached hydrogens (tertiary/aromatic N) is 1. The second kappa shape index (κ2) is 4.87. The van der Waals surface area contributed by atoms with Crippen molar-refractivity contribution in [2.45, 2.75) is 0 Å². The molecule has 3 aromatic rings. The quantitative estimate of drug-likeness (QED) is 0.739. The van der Waals surface area contributed by atoms with Crippen LogP contribution >= 0.6 is 27.5 Å². The monoisotopic (exact) mass is 336 g/mol. The fourth-order valence-electron chi connectivity index (χ4n) is 1.93. The van der Waals surface area contributed by atoms with Gasteiger partial charge in [0.15, 0.2) is 0 Å². The van der Waals surface area contributed by atoms with Crippen molar-refractivity contribution >= 4 is 38.6 Å². The Hall–Kier alpha value is -1.52. The topological polar surface area (TPSA) is 37.9 Å². The van der Waals surface area contributed by atoms with E-state index in [2.05, 4.69) is 25.9 Å². The molecule has 96 valence electrons. The van der Waals surface area contributed by atoms with Crippen LogP contribution in [0.4, 0.5) is 0 Å². The summed E-state index contributed by atoms with van der Waals surface area (Å²) >= 11 is 9.44. The SMILES string of the molecule is COc1ccc(-c2nc3ccc(Cl)cc3[nH]2)cc1Br. The predicted molar refractivity (Wildman–Crippen MR) is 80.8 cm³/mol. The predicted octanol–water partition coefficient (Wildman–Crippen LogP) is 4.65. The van der Waals surface area contributed by atoms with Crippen LogP contribution in [0.3, 0.4) is 0 Å². The Bertz CT molecular complexity index is 754. The smallest absolute Gasteiger partial charge is 0.138 e. The number of ether oxygens (including phenoxy) is 1. The van der Waals surface area contributed by atoms with Gasteiger partial charge in [-0.25, -0.2) is 4.98 Å². The van der Waals surface area contributed by atoms with Crippen LogP contribution in [0.25, 0.3) is 22.4 Å². The van der Waals surface area contributed by atoms with Crippen molar-refractivity contribution in [1.29, 1.82) is 0 Å². The van der Waals surface area contributed by atoms with Crippen LogP contribution in [0, 0.1) is 0 Å². The molecule has 0 saturated carbocycles. The molecule has 0 spiro atoms. The molecule has 2 aromatic carbocycles. The standard InChI is InChI=1S/C14H10BrClN2O/c1-19-13-5-2-8(6-10(13)15)14-17-11-4-3-9(16)7-12(11)18-14/h2-7H,1H3,(H,17,18). The number of nitrogens with one attached hydrogen (secondary N) is 1. The molecule has 5 heteroatoms. The zero-order valence-corrected chi connectivity index (χ0v) is 12.4. The second-order valence-electron chi connectivity index (χ2n) is 4.10. The van der Waals surface area contributed by atoms with Crippen LogP contribution in [-0.4, -0.2) is 17.1 Å². The number of aromatic amines is 1. The molecule has 0 aliphatic heterocycles. The van der Waals surface area contributed by atoms with E-state index in [4.69, 9.17) is 16.3 Å². The van der Waals surface area contributed by atoms with Gasteiger partial charge in [-0.3, -0.25) is 0 Å². The first-order valence-electron chi connectivity index (χ1n) is 5.66. The Morgan fingerprint density at radius 3 is 2.79 bits per heavy atom. The maximum absolute atomic E-state index is 5.97. The van der Waals surface area contributed by atoms with Crippen molar-refractivity contribution in [1.82, 2.24) is 9.97 Å². The summed E-state index contributed by atoms with van der Waals surface area (Å²) in [7, 11) is 1.64. The lowest BCUT2D eigenvalue weighted by molar-refractivity contribution is 0.412. The summed E-state index contributed by atoms with van der Waals surface area (Å²) in [6, 6.07) is 11.4. The largest absolute Gasteiger partial charge is 0.496 e. The summed E-state index contributed by atoms with van der Waals surface area (Å²) in [5, 5.41) is 0.693. The van der Waals surface area contributed by atoms with Crippen LogP contribution in [0.15, 0.2) is 40.9 Å². The molecule has 0 radical (unpaired) electrons. The molecule has 0 bridgehead atoms. The number of halogens is 2. The number of fused-ring (bicyclic) bond motifs is 1. The van der Waals surface area contributed by atoms with E-state index in [9.17, 15) is 0 Å². The molecule has 3 nitrogen and oxygen atoms in total. The minimum absolute atomic E-state index is 0.693. The van der Waals surface area contributed by atoms with Crippen molar-refractivity contribution < 1.29 is 4.74 Å². The third kappa shape index (κ3) is 2.33. The molecule has 0 saturated heterocycles. The van der Waals surface area contributed by atoms with Gasteiger partial charge < -0.3 is 9.72 Å². The number of benzene rings is 2. The summed E-state index contributed by atoms with van der Waals surface area (Å²) < 4.78 is 6.11. The third-order valence-electron chi connectivity index (χ3n) is 2.87. The van der Waals surface area contributed by atoms with Gasteiger partial charge in [0.25, 0.3) is 0 Å². The number of methoxy groups -OCH3 is 1. The van der Waals surface area contributed by atoms with E-state index in [1.165, 1.54) is 0 Å². The lowest BCUT2D eigenvalue weighted by atomic mass is 10.2. The number of hydrogen-bond acceptors (Lipinski definition) is 2. The van der Waals surface area contributed by atoms with Gasteiger partial charge in [0.1, 0.15) is 11.6 Å². The molecule has 3 rings (SSSR count). The van der Waals surface area contributed by atoms with E-state index >= 15 is 0 Å². The van der Waals surface area contributed by atoms with Gasteiger partial charge in [0, 0.05) is 10.6 Å². The lowest BCUT2D eigenvalue weighted by Crippen LogP contribution is -1.86. The first-order chi connectivity index (χ1) is 9.17. The van der Waals surface area contributed by atoms with Crippen LogP contribution < -0.4 is 4.74 Å². The first kappa shape index (κ1) is 12.5. The van der Waals surface area contributed by atoms with Crippen molar-refractivity contribution in [3.8, 4) is 17.1 Å². The molecule has 0 aliphatic rings. The van der Waals surface area contributed by atoms with E-state index in [-0.39, 0.29) is 0 Å². The van der Waals surface area contributed by atoms with E-state index in [1.807, 2.05) is 36.4 Å². The van der Waals surface area contributed by atoms with Crippen molar-refractivity contribution in [2.75, 3.05) is 7.11 Å². The number of imidazole rings is 1. The first-order valence-corrected chi connectivity index (χ1v) is 6.83. The highest BCUT2D eigenvalue weighted by molar-refractivity contribution is 9.10. The van der Waals surface area contributed by atoms with Crippen LogP contribution in [0.2, 0.25) is 5.02 Å². The number of hydrogen-bond donors (Lipinski definition) is 1. The highest BCUT2D eigenvalue weighted by Gasteiger charge is 2.08. The van der Waals surface area contributed by atoms with Gasteiger partial charge in [-0.15, -0.1) is 0 Å². The van der Waals surface area contributed by atoms with Crippen LogP contribution in [0.1, 0.15) is 0 Å². The fourth-order valence-corrected chi connectivity index (χ4v) is 2.65. The van der Waals surface area contributed by atoms with Crippen molar-refractivity contribution in [2.24, 2.45) is 0 Å². The highest BCUT2D eigenvalue weighted by atomic mass is 79.9. The average molecular weight is 338 g/mol. The Balaban J connectivity index is 2.11. The van der Waals surface area contributed by atoms with Gasteiger partial charge in [-0.05, 0) is 52.3 Å². The summed E-state index contributed by atoms with van der Waals surface area (Å²) in [4.78, 5) is 7.81. The zero-order valence-electron chi connectivity index (χ0n) is 10.1. The highest BCUT2D eigenvalue weighted by Crippen LogP contribution is 2.30. The molecule has 1 N–H and O–H groups in total. The Morgan fingerprint density at radius 2 is 2.05 bits per heavy atom. The van der Waals surface area contributed by atoms with Gasteiger partial charge in [0.2, 0.25) is 0 Å². The molecular weight excluding hydrogens is 328 g/mol. The molecule has 0 fully saturated rings. The zero-order chi connectivity index (χ0) is 13.4. The third-order valence-corrected chi connectivity index (χ3v) is 3.72. The van der Waals surface area contributed by atoms with E-state index in [1.54, 1.807) is 7.11 Å². The Morgan fingerprint density at radius 1 is 1.21 bits per heavy atom. The number of rotatable bonds is 2. The van der Waals surface area contributed by atoms with Gasteiger partial charge in [-0.2, -0.15) is 0 Å². The summed E-state index contributed by atoms with van der Waals surface area (Å²) in [5.74, 6) is 1.60. The van der Waals surface area contributed by atoms with Crippen molar-refractivity contribution in [3.05, 3.63) is 45.9 Å². The average Bonchev–Trinajstić information content (AvgIpc) is 2.81. The number of H-pyrrole nitrogens is 1. The Labute approximate surface area is 123 Å².